The van der Waals surface area contributed by atoms with Gasteiger partial charge in [-0.3, -0.25) is 4.79 Å². The van der Waals surface area contributed by atoms with Crippen LogP contribution in [0.4, 0.5) is 0 Å². The summed E-state index contributed by atoms with van der Waals surface area (Å²) in [4.78, 5) is 20.2. The Morgan fingerprint density at radius 1 is 1.13 bits per heavy atom. The molecule has 0 unspecified atom stereocenters. The number of amides is 1. The van der Waals surface area contributed by atoms with Crippen LogP contribution in [0.2, 0.25) is 0 Å². The van der Waals surface area contributed by atoms with Gasteiger partial charge in [0.15, 0.2) is 0 Å². The summed E-state index contributed by atoms with van der Waals surface area (Å²) in [6.45, 7) is 8.65. The van der Waals surface area contributed by atoms with Crippen molar-refractivity contribution in [3.8, 4) is 5.75 Å². The maximum Gasteiger partial charge on any atom is 0.284 e. The quantitative estimate of drug-likeness (QED) is 0.510. The third-order valence-corrected chi connectivity index (χ3v) is 12.0. The fraction of sp³-hybridized carbons (Fsp3) is 0.533. The van der Waals surface area contributed by atoms with Crippen LogP contribution in [-0.2, 0) is 26.3 Å². The van der Waals surface area contributed by atoms with Gasteiger partial charge in [0.1, 0.15) is 12.4 Å². The second-order valence-corrected chi connectivity index (χ2v) is 14.2. The fourth-order valence-electron chi connectivity index (χ4n) is 7.50. The van der Waals surface area contributed by atoms with Crippen molar-refractivity contribution in [2.75, 3.05) is 5.75 Å². The monoisotopic (exact) mass is 536 g/mol. The van der Waals surface area contributed by atoms with E-state index in [1.807, 2.05) is 68.4 Å². The van der Waals surface area contributed by atoms with E-state index in [2.05, 4.69) is 19.0 Å². The van der Waals surface area contributed by atoms with Gasteiger partial charge in [0.2, 0.25) is 15.6 Å². The Morgan fingerprint density at radius 2 is 1.84 bits per heavy atom. The average Bonchev–Trinajstić information content (AvgIpc) is 3.57. The van der Waals surface area contributed by atoms with Crippen LogP contribution in [0.5, 0.6) is 5.75 Å². The number of carbonyl (C=O) groups is 1. The van der Waals surface area contributed by atoms with Gasteiger partial charge < -0.3 is 9.57 Å². The molecule has 38 heavy (non-hydrogen) atoms. The lowest BCUT2D eigenvalue weighted by Crippen LogP contribution is -2.56. The van der Waals surface area contributed by atoms with Gasteiger partial charge in [-0.05, 0) is 66.0 Å². The molecule has 7 nitrogen and oxygen atoms in total. The molecule has 0 N–H and O–H groups in total. The van der Waals surface area contributed by atoms with Crippen molar-refractivity contribution in [3.05, 3.63) is 65.7 Å². The number of rotatable bonds is 6. The Balaban J connectivity index is 1.22. The minimum Gasteiger partial charge on any atom is -0.489 e. The largest absolute Gasteiger partial charge is 0.489 e. The second-order valence-electron chi connectivity index (χ2n) is 12.4. The Hall–Kier alpha value is -2.87. The minimum atomic E-state index is -3.75. The number of hydrogen-bond donors (Lipinski definition) is 0. The molecule has 8 heteroatoms. The maximum absolute atomic E-state index is 14.2. The number of fused-ring (bicyclic) bond motifs is 1. The minimum absolute atomic E-state index is 0.0479. The molecule has 1 spiro atoms. The molecule has 0 radical (unpaired) electrons. The van der Waals surface area contributed by atoms with Crippen molar-refractivity contribution >= 4 is 21.6 Å². The predicted octanol–water partition coefficient (Wildman–Crippen LogP) is 5.15. The smallest absolute Gasteiger partial charge is 0.284 e. The molecule has 6 rings (SSSR count). The number of sulfonamides is 1. The van der Waals surface area contributed by atoms with Crippen molar-refractivity contribution in [1.82, 2.24) is 4.31 Å². The van der Waals surface area contributed by atoms with Crippen LogP contribution in [0.15, 0.2) is 59.8 Å². The lowest BCUT2D eigenvalue weighted by Gasteiger charge is -2.39. The summed E-state index contributed by atoms with van der Waals surface area (Å²) in [6, 6.07) is 17.2. The zero-order chi connectivity index (χ0) is 26.9. The van der Waals surface area contributed by atoms with Gasteiger partial charge in [-0.25, -0.2) is 12.7 Å². The number of hydrogen-bond acceptors (Lipinski definition) is 6. The molecule has 3 fully saturated rings. The highest BCUT2D eigenvalue weighted by atomic mass is 32.2. The van der Waals surface area contributed by atoms with Crippen LogP contribution in [0, 0.1) is 22.7 Å². The van der Waals surface area contributed by atoms with Gasteiger partial charge in [0.25, 0.3) is 5.91 Å². The van der Waals surface area contributed by atoms with Crippen LogP contribution in [-0.4, -0.2) is 41.7 Å². The molecular weight excluding hydrogens is 500 g/mol. The van der Waals surface area contributed by atoms with Crippen molar-refractivity contribution in [3.63, 3.8) is 0 Å². The summed E-state index contributed by atoms with van der Waals surface area (Å²) in [7, 11) is -3.75. The molecule has 1 amide bonds. The summed E-state index contributed by atoms with van der Waals surface area (Å²) in [5.74, 6) is 0.497. The first-order valence-electron chi connectivity index (χ1n) is 13.6. The van der Waals surface area contributed by atoms with E-state index in [1.54, 1.807) is 0 Å². The number of nitrogens with zero attached hydrogens (tertiary/aromatic N) is 2. The molecule has 2 saturated carbocycles. The van der Waals surface area contributed by atoms with Crippen molar-refractivity contribution in [1.29, 1.82) is 0 Å². The van der Waals surface area contributed by atoms with E-state index in [-0.39, 0.29) is 35.0 Å². The zero-order valence-corrected chi connectivity index (χ0v) is 23.3. The van der Waals surface area contributed by atoms with Gasteiger partial charge >= 0.3 is 0 Å². The van der Waals surface area contributed by atoms with E-state index < -0.39 is 21.5 Å². The lowest BCUT2D eigenvalue weighted by molar-refractivity contribution is -0.158. The van der Waals surface area contributed by atoms with E-state index in [4.69, 9.17) is 9.57 Å². The average molecular weight is 537 g/mol. The lowest BCUT2D eigenvalue weighted by atomic mass is 9.69. The third kappa shape index (κ3) is 3.55. The first-order valence-corrected chi connectivity index (χ1v) is 15.2. The second kappa shape index (κ2) is 8.57. The SMILES string of the molecule is CC(C)[C@@]1(C(=O)N2[C@@H]3C[C@H]4CC[C@]3(CS2(=O)=O)C4(C)C)CC(c2ccc(OCc3ccccc3)cc2)=NO1. The third-order valence-electron chi connectivity index (χ3n) is 10.1. The number of ether oxygens (including phenoxy) is 1. The van der Waals surface area contributed by atoms with Crippen LogP contribution in [0.25, 0.3) is 0 Å². The van der Waals surface area contributed by atoms with Crippen LogP contribution in [0.1, 0.15) is 64.5 Å². The van der Waals surface area contributed by atoms with Gasteiger partial charge in [0, 0.05) is 17.8 Å². The van der Waals surface area contributed by atoms with E-state index in [1.165, 1.54) is 4.31 Å². The molecule has 4 atom stereocenters. The van der Waals surface area contributed by atoms with Gasteiger partial charge in [0.05, 0.1) is 17.5 Å². The van der Waals surface area contributed by atoms with Crippen LogP contribution >= 0.6 is 0 Å². The highest BCUT2D eigenvalue weighted by Crippen LogP contribution is 2.70. The molecule has 1 saturated heterocycles. The highest BCUT2D eigenvalue weighted by molar-refractivity contribution is 7.90. The Morgan fingerprint density at radius 3 is 2.50 bits per heavy atom. The molecule has 4 aliphatic rings. The Kier molecular flexibility index (Phi) is 5.73. The number of carbonyl (C=O) groups excluding carboxylic acids is 1. The molecule has 2 bridgehead atoms. The van der Waals surface area contributed by atoms with Gasteiger partial charge in [-0.15, -0.1) is 0 Å². The fourth-order valence-corrected chi connectivity index (χ4v) is 10.1. The zero-order valence-electron chi connectivity index (χ0n) is 22.5. The van der Waals surface area contributed by atoms with Crippen molar-refractivity contribution in [2.45, 2.75) is 71.6 Å². The predicted molar refractivity (Wildman–Crippen MR) is 145 cm³/mol. The molecule has 2 heterocycles. The highest BCUT2D eigenvalue weighted by Gasteiger charge is 2.73. The summed E-state index contributed by atoms with van der Waals surface area (Å²) < 4.78 is 34.2. The first kappa shape index (κ1) is 25.4. The maximum atomic E-state index is 14.2. The van der Waals surface area contributed by atoms with Crippen molar-refractivity contribution < 1.29 is 22.8 Å². The standard InChI is InChI=1S/C30H36N2O5S/c1-20(2)30(27(33)32-26-16-23-14-15-29(26,28(23,3)4)19-38(32,34)35)17-25(31-37-30)22-10-12-24(13-11-22)36-18-21-8-6-5-7-9-21/h5-13,20,23,26H,14-19H2,1-4H3/t23-,26-,29-,30-/m1/s1. The number of benzene rings is 2. The Bertz CT molecular complexity index is 1390. The summed E-state index contributed by atoms with van der Waals surface area (Å²) in [5.41, 5.74) is 0.732. The molecule has 2 aliphatic carbocycles. The molecule has 2 aromatic rings. The summed E-state index contributed by atoms with van der Waals surface area (Å²) in [6.07, 6.45) is 2.86. The molecule has 0 aromatic heterocycles. The normalized spacial score (nSPS) is 32.2. The summed E-state index contributed by atoms with van der Waals surface area (Å²) in [5, 5.41) is 4.34. The van der Waals surface area contributed by atoms with Gasteiger partial charge in [-0.2, -0.15) is 0 Å². The van der Waals surface area contributed by atoms with Gasteiger partial charge in [-0.1, -0.05) is 63.2 Å². The molecule has 2 aliphatic heterocycles. The first-order chi connectivity index (χ1) is 18.0. The Labute approximate surface area is 225 Å². The van der Waals surface area contributed by atoms with Crippen LogP contribution in [0.3, 0.4) is 0 Å². The summed E-state index contributed by atoms with van der Waals surface area (Å²) >= 11 is 0. The van der Waals surface area contributed by atoms with E-state index in [0.717, 1.165) is 36.1 Å². The van der Waals surface area contributed by atoms with Crippen molar-refractivity contribution in [2.24, 2.45) is 27.8 Å². The number of oxime groups is 1. The molecular formula is C30H36N2O5S. The van der Waals surface area contributed by atoms with E-state index >= 15 is 0 Å². The van der Waals surface area contributed by atoms with E-state index in [0.29, 0.717) is 18.2 Å². The van der Waals surface area contributed by atoms with Crippen LogP contribution < -0.4 is 4.74 Å². The molecule has 2 aromatic carbocycles. The molecule has 202 valence electrons. The van der Waals surface area contributed by atoms with E-state index in [9.17, 15) is 13.2 Å². The topological polar surface area (TPSA) is 85.3 Å².